The van der Waals surface area contributed by atoms with Gasteiger partial charge in [-0.2, -0.15) is 13.2 Å². The summed E-state index contributed by atoms with van der Waals surface area (Å²) in [5.74, 6) is -3.97. The number of benzene rings is 1. The van der Waals surface area contributed by atoms with Gasteiger partial charge >= 0.3 is 6.09 Å². The van der Waals surface area contributed by atoms with E-state index in [1.165, 1.54) is 21.9 Å². The molecule has 2 fully saturated rings. The number of amides is 3. The zero-order valence-electron chi connectivity index (χ0n) is 30.5. The van der Waals surface area contributed by atoms with Crippen molar-refractivity contribution in [3.8, 4) is 11.4 Å². The SMILES string of the molecule is C=CC[C@@H]1C[C@@]1(NC(=O)[C@@H]1C[C@@H](n2nnc(-c3ccccc3)n2)CC1C(=O)C(NC(=O)OC(C)(C)C)C(C)(C)C)C(=O)NS(=O)(=O)c1cn(C)cn1. The maximum Gasteiger partial charge on any atom is 0.408 e. The molecule has 0 bridgehead atoms. The van der Waals surface area contributed by atoms with Gasteiger partial charge in [-0.05, 0) is 63.0 Å². The minimum atomic E-state index is -4.36. The first-order valence-corrected chi connectivity index (χ1v) is 18.6. The fourth-order valence-corrected chi connectivity index (χ4v) is 7.67. The number of tetrazole rings is 1. The van der Waals surface area contributed by atoms with Crippen molar-refractivity contribution < 1.29 is 32.3 Å². The highest BCUT2D eigenvalue weighted by Crippen LogP contribution is 2.48. The number of hydrogen-bond acceptors (Lipinski definition) is 11. The highest BCUT2D eigenvalue weighted by molar-refractivity contribution is 7.90. The summed E-state index contributed by atoms with van der Waals surface area (Å²) in [6.45, 7) is 14.3. The van der Waals surface area contributed by atoms with E-state index < -0.39 is 80.1 Å². The molecule has 16 nitrogen and oxygen atoms in total. The molecule has 0 saturated heterocycles. The van der Waals surface area contributed by atoms with Crippen LogP contribution in [0.3, 0.4) is 0 Å². The molecule has 17 heteroatoms. The van der Waals surface area contributed by atoms with E-state index in [0.29, 0.717) is 12.2 Å². The van der Waals surface area contributed by atoms with E-state index in [1.807, 2.05) is 30.3 Å². The highest BCUT2D eigenvalue weighted by atomic mass is 32.2. The molecule has 2 unspecified atom stereocenters. The average Bonchev–Trinajstić information content (AvgIpc) is 3.48. The summed E-state index contributed by atoms with van der Waals surface area (Å²) in [5.41, 5.74) is -2.45. The number of hydrogen-bond donors (Lipinski definition) is 3. The van der Waals surface area contributed by atoms with Crippen molar-refractivity contribution in [2.45, 2.75) is 95.5 Å². The zero-order valence-corrected chi connectivity index (χ0v) is 31.3. The Morgan fingerprint density at radius 2 is 1.75 bits per heavy atom. The van der Waals surface area contributed by atoms with E-state index in [2.05, 4.69) is 42.3 Å². The summed E-state index contributed by atoms with van der Waals surface area (Å²) in [6.07, 6.45) is 4.06. The number of rotatable bonds is 12. The molecule has 3 amide bonds. The van der Waals surface area contributed by atoms with E-state index in [9.17, 15) is 27.6 Å². The number of ether oxygens (including phenoxy) is 1. The van der Waals surface area contributed by atoms with Crippen LogP contribution in [-0.4, -0.2) is 79.0 Å². The van der Waals surface area contributed by atoms with Crippen molar-refractivity contribution in [2.24, 2.45) is 30.2 Å². The second-order valence-corrected chi connectivity index (χ2v) is 17.3. The zero-order chi connectivity index (χ0) is 38.2. The van der Waals surface area contributed by atoms with Gasteiger partial charge in [0.05, 0.1) is 18.4 Å². The first kappa shape index (κ1) is 38.3. The number of ketones is 1. The van der Waals surface area contributed by atoms with Crippen molar-refractivity contribution in [2.75, 3.05) is 0 Å². The predicted octanol–water partition coefficient (Wildman–Crippen LogP) is 3.11. The molecular weight excluding hydrogens is 691 g/mol. The van der Waals surface area contributed by atoms with Gasteiger partial charge in [0.1, 0.15) is 11.1 Å². The lowest BCUT2D eigenvalue weighted by Crippen LogP contribution is -2.56. The first-order valence-electron chi connectivity index (χ1n) is 17.1. The fraction of sp³-hybridized carbons (Fsp3) is 0.543. The lowest BCUT2D eigenvalue weighted by Gasteiger charge is -2.34. The maximum absolute atomic E-state index is 14.5. The third kappa shape index (κ3) is 8.40. The monoisotopic (exact) mass is 737 g/mol. The maximum atomic E-state index is 14.5. The third-order valence-corrected chi connectivity index (χ3v) is 10.5. The van der Waals surface area contributed by atoms with Gasteiger partial charge in [-0.3, -0.25) is 14.4 Å². The molecule has 5 rings (SSSR count). The molecule has 6 atom stereocenters. The van der Waals surface area contributed by atoms with Gasteiger partial charge in [0.15, 0.2) is 10.8 Å². The third-order valence-electron chi connectivity index (χ3n) is 9.33. The Morgan fingerprint density at radius 3 is 2.35 bits per heavy atom. The Hall–Kier alpha value is -4.93. The molecule has 3 N–H and O–H groups in total. The molecule has 2 aliphatic carbocycles. The van der Waals surface area contributed by atoms with Crippen LogP contribution in [0, 0.1) is 23.2 Å². The Balaban J connectivity index is 1.45. The second-order valence-electron chi connectivity index (χ2n) is 15.7. The number of imidazole rings is 1. The molecule has 280 valence electrons. The normalized spacial score (nSPS) is 23.7. The van der Waals surface area contributed by atoms with Crippen LogP contribution in [0.25, 0.3) is 11.4 Å². The Bertz CT molecular complexity index is 1950. The first-order chi connectivity index (χ1) is 24.2. The van der Waals surface area contributed by atoms with Crippen LogP contribution in [-0.2, 0) is 36.2 Å². The molecule has 2 saturated carbocycles. The minimum Gasteiger partial charge on any atom is -0.444 e. The number of sulfonamides is 1. The number of nitrogens with zero attached hydrogens (tertiary/aromatic N) is 6. The van der Waals surface area contributed by atoms with E-state index in [0.717, 1.165) is 5.56 Å². The number of Topliss-reactive ketones (excluding diaryl/α,β-unsaturated/α-hetero) is 1. The molecule has 1 aromatic carbocycles. The molecule has 0 spiro atoms. The number of aromatic nitrogens is 6. The molecule has 2 aliphatic rings. The van der Waals surface area contributed by atoms with Crippen molar-refractivity contribution in [3.63, 3.8) is 0 Å². The Labute approximate surface area is 303 Å². The number of carbonyl (C=O) groups excluding carboxylic acids is 4. The van der Waals surface area contributed by atoms with Gasteiger partial charge in [0.2, 0.25) is 11.7 Å². The standard InChI is InChI=1S/C35H47N9O7S/c1-9-13-22-18-35(22,31(47)41-52(49,50)26-19-43(8)20-36-26)38-30(46)25-17-23(44-40-29(39-42-44)21-14-11-10-12-15-21)16-24(25)27(45)28(33(2,3)4)37-32(48)51-34(5,6)7/h9-12,14-15,19-20,22-25,28H,1,13,16-18H2,2-8H3,(H,37,48)(H,38,46)(H,41,47)/t22-,23+,24?,25-,28?,35+/m1/s1. The van der Waals surface area contributed by atoms with Gasteiger partial charge in [0.25, 0.3) is 15.9 Å². The largest absolute Gasteiger partial charge is 0.444 e. The van der Waals surface area contributed by atoms with Crippen molar-refractivity contribution >= 4 is 33.7 Å². The number of carbonyl (C=O) groups is 4. The quantitative estimate of drug-likeness (QED) is 0.230. The molecule has 0 aliphatic heterocycles. The summed E-state index contributed by atoms with van der Waals surface area (Å²) in [4.78, 5) is 60.9. The highest BCUT2D eigenvalue weighted by Gasteiger charge is 2.62. The van der Waals surface area contributed by atoms with Crippen molar-refractivity contribution in [3.05, 3.63) is 55.5 Å². The van der Waals surface area contributed by atoms with Crippen LogP contribution in [0.2, 0.25) is 0 Å². The molecule has 2 aromatic heterocycles. The van der Waals surface area contributed by atoms with Gasteiger partial charge in [-0.1, -0.05) is 57.2 Å². The van der Waals surface area contributed by atoms with Crippen LogP contribution in [0.5, 0.6) is 0 Å². The average molecular weight is 738 g/mol. The lowest BCUT2D eigenvalue weighted by atomic mass is 9.77. The Morgan fingerprint density at radius 1 is 1.08 bits per heavy atom. The summed E-state index contributed by atoms with van der Waals surface area (Å²) >= 11 is 0. The number of aryl methyl sites for hydroxylation is 1. The molecule has 2 heterocycles. The van der Waals surface area contributed by atoms with Crippen molar-refractivity contribution in [1.82, 2.24) is 45.1 Å². The topological polar surface area (TPSA) is 209 Å². The molecule has 0 radical (unpaired) electrons. The van der Waals surface area contributed by atoms with Crippen LogP contribution in [0.15, 0.2) is 60.5 Å². The van der Waals surface area contributed by atoms with Crippen LogP contribution >= 0.6 is 0 Å². The number of alkyl carbamates (subject to hydrolysis) is 1. The smallest absolute Gasteiger partial charge is 0.408 e. The van der Waals surface area contributed by atoms with Gasteiger partial charge in [0, 0.05) is 30.6 Å². The van der Waals surface area contributed by atoms with Gasteiger partial charge in [-0.15, -0.1) is 16.8 Å². The minimum absolute atomic E-state index is 0.103. The van der Waals surface area contributed by atoms with Gasteiger partial charge < -0.3 is 19.9 Å². The molecular formula is C35H47N9O7S. The van der Waals surface area contributed by atoms with E-state index >= 15 is 0 Å². The Kier molecular flexibility index (Phi) is 10.5. The number of nitrogens with one attached hydrogen (secondary N) is 3. The van der Waals surface area contributed by atoms with Crippen LogP contribution < -0.4 is 15.4 Å². The lowest BCUT2D eigenvalue weighted by molar-refractivity contribution is -0.137. The summed E-state index contributed by atoms with van der Waals surface area (Å²) in [7, 11) is -2.77. The number of allylic oxidation sites excluding steroid dienone is 1. The van der Waals surface area contributed by atoms with E-state index in [1.54, 1.807) is 54.7 Å². The van der Waals surface area contributed by atoms with Crippen LogP contribution in [0.1, 0.15) is 73.3 Å². The van der Waals surface area contributed by atoms with Gasteiger partial charge in [-0.25, -0.2) is 14.5 Å². The van der Waals surface area contributed by atoms with E-state index in [4.69, 9.17) is 4.74 Å². The summed E-state index contributed by atoms with van der Waals surface area (Å²) < 4.78 is 35.1. The molecule has 3 aromatic rings. The predicted molar refractivity (Wildman–Crippen MR) is 188 cm³/mol. The summed E-state index contributed by atoms with van der Waals surface area (Å²) in [5, 5.41) is 18.3. The fourth-order valence-electron chi connectivity index (χ4n) is 6.65. The second kappa shape index (κ2) is 14.2. The summed E-state index contributed by atoms with van der Waals surface area (Å²) in [6, 6.07) is 7.62. The van der Waals surface area contributed by atoms with Crippen LogP contribution in [0.4, 0.5) is 4.79 Å². The van der Waals surface area contributed by atoms with E-state index in [-0.39, 0.29) is 24.3 Å². The van der Waals surface area contributed by atoms with Crippen molar-refractivity contribution in [1.29, 1.82) is 0 Å². The molecule has 52 heavy (non-hydrogen) atoms.